The monoisotopic (exact) mass is 274 g/mol. The minimum Gasteiger partial charge on any atom is -0.462 e. The van der Waals surface area contributed by atoms with E-state index in [4.69, 9.17) is 4.74 Å². The normalized spacial score (nSPS) is 49.8. The fraction of sp³-hybridized carbons (Fsp3) is 0.833. The molecule has 0 amide bonds. The van der Waals surface area contributed by atoms with E-state index < -0.39 is 0 Å². The molecule has 20 heavy (non-hydrogen) atoms. The molecule has 0 N–H and O–H groups in total. The van der Waals surface area contributed by atoms with Crippen LogP contribution in [0.1, 0.15) is 52.4 Å². The van der Waals surface area contributed by atoms with E-state index in [2.05, 4.69) is 26.0 Å². The number of hydrogen-bond acceptors (Lipinski definition) is 2. The first kappa shape index (κ1) is 12.9. The summed E-state index contributed by atoms with van der Waals surface area (Å²) >= 11 is 0. The Hall–Kier alpha value is -0.790. The third-order valence-electron chi connectivity index (χ3n) is 7.01. The van der Waals surface area contributed by atoms with Crippen LogP contribution in [0, 0.1) is 35.0 Å². The molecule has 0 heterocycles. The van der Waals surface area contributed by atoms with Crippen molar-refractivity contribution in [1.82, 2.24) is 0 Å². The van der Waals surface area contributed by atoms with Crippen molar-refractivity contribution < 1.29 is 9.53 Å². The number of esters is 1. The highest BCUT2D eigenvalue weighted by Gasteiger charge is 2.52. The first-order chi connectivity index (χ1) is 9.56. The topological polar surface area (TPSA) is 26.3 Å². The van der Waals surface area contributed by atoms with E-state index in [0.29, 0.717) is 11.8 Å². The Morgan fingerprint density at radius 3 is 2.65 bits per heavy atom. The molecule has 4 aliphatic rings. The first-order valence-electron chi connectivity index (χ1n) is 8.45. The molecule has 0 aliphatic heterocycles. The second-order valence-electron chi connectivity index (χ2n) is 8.05. The highest BCUT2D eigenvalue weighted by Crippen LogP contribution is 2.58. The summed E-state index contributed by atoms with van der Waals surface area (Å²) < 4.78 is 5.95. The van der Waals surface area contributed by atoms with Crippen LogP contribution in [0.25, 0.3) is 0 Å². The quantitative estimate of drug-likeness (QED) is 0.575. The van der Waals surface area contributed by atoms with Crippen molar-refractivity contribution >= 4 is 5.97 Å². The van der Waals surface area contributed by atoms with Crippen molar-refractivity contribution in [2.45, 2.75) is 58.5 Å². The van der Waals surface area contributed by atoms with Gasteiger partial charge in [-0.2, -0.15) is 0 Å². The van der Waals surface area contributed by atoms with Crippen molar-refractivity contribution in [3.63, 3.8) is 0 Å². The average Bonchev–Trinajstić information content (AvgIpc) is 3.17. The fourth-order valence-corrected chi connectivity index (χ4v) is 5.59. The van der Waals surface area contributed by atoms with Gasteiger partial charge in [-0.25, -0.2) is 0 Å². The number of allylic oxidation sites excluding steroid dienone is 2. The van der Waals surface area contributed by atoms with Crippen molar-refractivity contribution in [3.05, 3.63) is 12.2 Å². The van der Waals surface area contributed by atoms with Gasteiger partial charge in [-0.05, 0) is 62.7 Å². The molecule has 3 saturated carbocycles. The van der Waals surface area contributed by atoms with E-state index in [1.54, 1.807) is 0 Å². The third kappa shape index (κ3) is 1.79. The van der Waals surface area contributed by atoms with E-state index >= 15 is 0 Å². The molecular formula is C18H26O2. The van der Waals surface area contributed by atoms with Crippen LogP contribution in [0.3, 0.4) is 0 Å². The Bertz CT molecular complexity index is 454. The summed E-state index contributed by atoms with van der Waals surface area (Å²) in [6, 6.07) is 0. The van der Waals surface area contributed by atoms with Crippen LogP contribution < -0.4 is 0 Å². The summed E-state index contributed by atoms with van der Waals surface area (Å²) in [6.07, 6.45) is 12.2. The number of carbonyl (C=O) groups excluding carboxylic acids is 1. The first-order valence-corrected chi connectivity index (χ1v) is 8.45. The van der Waals surface area contributed by atoms with Crippen molar-refractivity contribution in [2.24, 2.45) is 35.0 Å². The summed E-state index contributed by atoms with van der Waals surface area (Å²) in [4.78, 5) is 12.5. The average molecular weight is 274 g/mol. The highest BCUT2D eigenvalue weighted by molar-refractivity contribution is 5.74. The molecule has 0 aromatic rings. The smallest absolute Gasteiger partial charge is 0.309 e. The molecule has 0 saturated heterocycles. The molecule has 0 spiro atoms. The lowest BCUT2D eigenvalue weighted by atomic mass is 9.71. The van der Waals surface area contributed by atoms with Gasteiger partial charge in [0.15, 0.2) is 0 Å². The second-order valence-corrected chi connectivity index (χ2v) is 8.05. The van der Waals surface area contributed by atoms with E-state index in [0.717, 1.165) is 18.3 Å². The lowest BCUT2D eigenvalue weighted by Crippen LogP contribution is -2.40. The number of fused-ring (bicyclic) bond motifs is 4. The lowest BCUT2D eigenvalue weighted by Gasteiger charge is -2.39. The summed E-state index contributed by atoms with van der Waals surface area (Å²) in [7, 11) is 0. The highest BCUT2D eigenvalue weighted by atomic mass is 16.5. The van der Waals surface area contributed by atoms with Crippen molar-refractivity contribution in [2.75, 3.05) is 0 Å². The molecule has 7 atom stereocenters. The molecule has 0 radical (unpaired) electrons. The zero-order valence-electron chi connectivity index (χ0n) is 12.7. The fourth-order valence-electron chi connectivity index (χ4n) is 5.59. The largest absolute Gasteiger partial charge is 0.462 e. The van der Waals surface area contributed by atoms with Crippen LogP contribution in [0.15, 0.2) is 12.2 Å². The Morgan fingerprint density at radius 2 is 2.10 bits per heavy atom. The number of rotatable bonds is 3. The Kier molecular flexibility index (Phi) is 2.81. The predicted octanol–water partition coefficient (Wildman–Crippen LogP) is 3.96. The number of ether oxygens (including phenoxy) is 1. The summed E-state index contributed by atoms with van der Waals surface area (Å²) in [5, 5.41) is 0. The molecule has 0 aromatic heterocycles. The predicted molar refractivity (Wildman–Crippen MR) is 78.0 cm³/mol. The van der Waals surface area contributed by atoms with Gasteiger partial charge in [-0.1, -0.05) is 25.5 Å². The number of hydrogen-bond donors (Lipinski definition) is 0. The van der Waals surface area contributed by atoms with Gasteiger partial charge in [0.1, 0.15) is 6.10 Å². The molecule has 0 aromatic carbocycles. The molecule has 3 fully saturated rings. The van der Waals surface area contributed by atoms with Crippen LogP contribution in [0.5, 0.6) is 0 Å². The van der Waals surface area contributed by atoms with E-state index in [-0.39, 0.29) is 23.4 Å². The van der Waals surface area contributed by atoms with Crippen LogP contribution in [-0.4, -0.2) is 12.1 Å². The molecular weight excluding hydrogens is 248 g/mol. The second kappa shape index (κ2) is 4.35. The van der Waals surface area contributed by atoms with Gasteiger partial charge in [0.25, 0.3) is 0 Å². The molecule has 2 nitrogen and oxygen atoms in total. The minimum absolute atomic E-state index is 0.0818. The van der Waals surface area contributed by atoms with E-state index in [1.807, 2.05) is 0 Å². The Morgan fingerprint density at radius 1 is 1.25 bits per heavy atom. The molecule has 4 rings (SSSR count). The van der Waals surface area contributed by atoms with Gasteiger partial charge in [0, 0.05) is 5.41 Å². The Balaban J connectivity index is 1.41. The summed E-state index contributed by atoms with van der Waals surface area (Å²) in [6.45, 7) is 4.50. The van der Waals surface area contributed by atoms with Gasteiger partial charge in [0.2, 0.25) is 0 Å². The molecule has 2 heteroatoms. The maximum absolute atomic E-state index is 12.5. The van der Waals surface area contributed by atoms with Crippen LogP contribution in [-0.2, 0) is 9.53 Å². The van der Waals surface area contributed by atoms with Crippen molar-refractivity contribution in [3.8, 4) is 0 Å². The van der Waals surface area contributed by atoms with Crippen LogP contribution in [0.4, 0.5) is 0 Å². The lowest BCUT2D eigenvalue weighted by molar-refractivity contribution is -0.162. The van der Waals surface area contributed by atoms with Gasteiger partial charge < -0.3 is 4.74 Å². The summed E-state index contributed by atoms with van der Waals surface area (Å²) in [5.74, 6) is 3.03. The van der Waals surface area contributed by atoms with E-state index in [1.165, 1.54) is 32.1 Å². The summed E-state index contributed by atoms with van der Waals surface area (Å²) in [5.41, 5.74) is 0.242. The maximum atomic E-state index is 12.5. The SMILES string of the molecule is CC(OC(=O)C1CC2C=CC1C2)C1(C)CC2CCC1C2. The third-order valence-corrected chi connectivity index (χ3v) is 7.01. The van der Waals surface area contributed by atoms with Gasteiger partial charge in [0.05, 0.1) is 5.92 Å². The molecule has 7 unspecified atom stereocenters. The minimum atomic E-state index is 0.0818. The zero-order chi connectivity index (χ0) is 13.9. The van der Waals surface area contributed by atoms with Gasteiger partial charge in [-0.3, -0.25) is 4.79 Å². The molecule has 4 bridgehead atoms. The maximum Gasteiger partial charge on any atom is 0.309 e. The molecule has 4 aliphatic carbocycles. The van der Waals surface area contributed by atoms with Crippen molar-refractivity contribution in [1.29, 1.82) is 0 Å². The van der Waals surface area contributed by atoms with Gasteiger partial charge >= 0.3 is 5.97 Å². The Labute approximate surface area is 122 Å². The van der Waals surface area contributed by atoms with Crippen LogP contribution in [0.2, 0.25) is 0 Å². The van der Waals surface area contributed by atoms with Crippen LogP contribution >= 0.6 is 0 Å². The molecule has 110 valence electrons. The standard InChI is InChI=1S/C18H26O2/c1-11(18(2)10-13-4-6-15(18)8-13)20-17(19)16-9-12-3-5-14(16)7-12/h3,5,11-16H,4,6-10H2,1-2H3. The number of carbonyl (C=O) groups is 1. The van der Waals surface area contributed by atoms with E-state index in [9.17, 15) is 4.79 Å². The zero-order valence-corrected chi connectivity index (χ0v) is 12.7. The van der Waals surface area contributed by atoms with Gasteiger partial charge in [-0.15, -0.1) is 0 Å².